The Hall–Kier alpha value is -1.11. The summed E-state index contributed by atoms with van der Waals surface area (Å²) in [6.45, 7) is 2.99. The van der Waals surface area contributed by atoms with Crippen molar-refractivity contribution in [3.63, 3.8) is 0 Å². The highest BCUT2D eigenvalue weighted by molar-refractivity contribution is 7.89. The Morgan fingerprint density at radius 1 is 1.30 bits per heavy atom. The van der Waals surface area contributed by atoms with Crippen molar-refractivity contribution in [2.45, 2.75) is 38.6 Å². The van der Waals surface area contributed by atoms with Gasteiger partial charge in [0.05, 0.1) is 12.2 Å². The summed E-state index contributed by atoms with van der Waals surface area (Å²) < 4.78 is 26.3. The van der Waals surface area contributed by atoms with Gasteiger partial charge in [-0.15, -0.1) is 0 Å². The van der Waals surface area contributed by atoms with Crippen LogP contribution in [0.25, 0.3) is 0 Å². The first-order valence-corrected chi connectivity index (χ1v) is 9.95. The van der Waals surface area contributed by atoms with E-state index in [1.165, 1.54) is 0 Å². The first-order chi connectivity index (χ1) is 10.9. The third-order valence-corrected chi connectivity index (χ3v) is 5.97. The predicted octanol–water partition coefficient (Wildman–Crippen LogP) is 2.20. The van der Waals surface area contributed by atoms with E-state index in [4.69, 9.17) is 11.6 Å². The Balaban J connectivity index is 1.84. The Morgan fingerprint density at radius 3 is 2.57 bits per heavy atom. The summed E-state index contributed by atoms with van der Waals surface area (Å²) in [6.07, 6.45) is 2.19. The fourth-order valence-corrected chi connectivity index (χ4v) is 4.35. The van der Waals surface area contributed by atoms with E-state index in [-0.39, 0.29) is 24.1 Å². The van der Waals surface area contributed by atoms with E-state index in [1.54, 1.807) is 11.0 Å². The Kier molecular flexibility index (Phi) is 6.44. The van der Waals surface area contributed by atoms with Crippen LogP contribution in [0, 0.1) is 0 Å². The van der Waals surface area contributed by atoms with Gasteiger partial charge in [-0.25, -0.2) is 13.1 Å². The number of sulfonamides is 1. The number of halogens is 1. The molecule has 1 amide bonds. The standard InChI is InChI=1S/C16H23ClN2O3S/c1-2-11-23(21,22)18-14-7-9-19(10-8-14)16(20)12-13-5-3-4-6-15(13)17/h3-6,14,18H,2,7-12H2,1H3. The fraction of sp³-hybridized carbons (Fsp3) is 0.562. The van der Waals surface area contributed by atoms with Crippen LogP contribution in [-0.4, -0.2) is 44.1 Å². The molecule has 1 heterocycles. The van der Waals surface area contributed by atoms with Crippen LogP contribution in [0.1, 0.15) is 31.7 Å². The molecular formula is C16H23ClN2O3S. The first kappa shape index (κ1) is 18.2. The summed E-state index contributed by atoms with van der Waals surface area (Å²) in [6, 6.07) is 7.26. The third-order valence-electron chi connectivity index (χ3n) is 3.97. The van der Waals surface area contributed by atoms with Crippen LogP contribution in [0.5, 0.6) is 0 Å². The zero-order valence-electron chi connectivity index (χ0n) is 13.3. The summed E-state index contributed by atoms with van der Waals surface area (Å²) in [5.41, 5.74) is 0.824. The zero-order chi connectivity index (χ0) is 16.9. The van der Waals surface area contributed by atoms with Crippen LogP contribution < -0.4 is 4.72 Å². The number of nitrogens with one attached hydrogen (secondary N) is 1. The maximum atomic E-state index is 12.3. The number of carbonyl (C=O) groups is 1. The van der Waals surface area contributed by atoms with E-state index in [1.807, 2.05) is 25.1 Å². The Bertz CT molecular complexity index is 640. The molecule has 0 aliphatic carbocycles. The molecule has 1 aliphatic rings. The van der Waals surface area contributed by atoms with Gasteiger partial charge in [-0.05, 0) is 30.9 Å². The molecule has 2 rings (SSSR count). The van der Waals surface area contributed by atoms with E-state index >= 15 is 0 Å². The number of hydrogen-bond donors (Lipinski definition) is 1. The molecule has 1 aliphatic heterocycles. The van der Waals surface area contributed by atoms with Gasteiger partial charge in [-0.1, -0.05) is 36.7 Å². The average Bonchev–Trinajstić information content (AvgIpc) is 2.49. The Labute approximate surface area is 143 Å². The molecule has 1 N–H and O–H groups in total. The van der Waals surface area contributed by atoms with E-state index in [2.05, 4.69) is 4.72 Å². The number of amides is 1. The maximum absolute atomic E-state index is 12.3. The number of carbonyl (C=O) groups excluding carboxylic acids is 1. The molecule has 128 valence electrons. The lowest BCUT2D eigenvalue weighted by Crippen LogP contribution is -2.47. The van der Waals surface area contributed by atoms with E-state index in [0.29, 0.717) is 37.4 Å². The highest BCUT2D eigenvalue weighted by atomic mass is 35.5. The highest BCUT2D eigenvalue weighted by Gasteiger charge is 2.25. The molecule has 0 spiro atoms. The summed E-state index contributed by atoms with van der Waals surface area (Å²) in [7, 11) is -3.19. The topological polar surface area (TPSA) is 66.5 Å². The number of piperidine rings is 1. The summed E-state index contributed by atoms with van der Waals surface area (Å²) in [5.74, 6) is 0.187. The van der Waals surface area contributed by atoms with Gasteiger partial charge in [0.15, 0.2) is 0 Å². The lowest BCUT2D eigenvalue weighted by atomic mass is 10.0. The van der Waals surface area contributed by atoms with Crippen molar-refractivity contribution in [3.05, 3.63) is 34.9 Å². The lowest BCUT2D eigenvalue weighted by Gasteiger charge is -2.32. The SMILES string of the molecule is CCCS(=O)(=O)NC1CCN(C(=O)Cc2ccccc2Cl)CC1. The van der Waals surface area contributed by atoms with Gasteiger partial charge in [0, 0.05) is 24.2 Å². The minimum absolute atomic E-state index is 0.0352. The second kappa shape index (κ2) is 8.13. The van der Waals surface area contributed by atoms with E-state index in [9.17, 15) is 13.2 Å². The zero-order valence-corrected chi connectivity index (χ0v) is 14.9. The summed E-state index contributed by atoms with van der Waals surface area (Å²) in [5, 5.41) is 0.600. The van der Waals surface area contributed by atoms with Gasteiger partial charge in [0.1, 0.15) is 0 Å². The molecule has 23 heavy (non-hydrogen) atoms. The average molecular weight is 359 g/mol. The Morgan fingerprint density at radius 2 is 1.96 bits per heavy atom. The van der Waals surface area contributed by atoms with Gasteiger partial charge in [0.25, 0.3) is 0 Å². The minimum atomic E-state index is -3.19. The molecular weight excluding hydrogens is 336 g/mol. The highest BCUT2D eigenvalue weighted by Crippen LogP contribution is 2.18. The molecule has 0 aromatic heterocycles. The summed E-state index contributed by atoms with van der Waals surface area (Å²) >= 11 is 6.09. The quantitative estimate of drug-likeness (QED) is 0.847. The second-order valence-electron chi connectivity index (χ2n) is 5.86. The van der Waals surface area contributed by atoms with Crippen molar-refractivity contribution in [3.8, 4) is 0 Å². The maximum Gasteiger partial charge on any atom is 0.227 e. The molecule has 1 fully saturated rings. The minimum Gasteiger partial charge on any atom is -0.342 e. The number of nitrogens with zero attached hydrogens (tertiary/aromatic N) is 1. The van der Waals surface area contributed by atoms with Gasteiger partial charge in [-0.2, -0.15) is 0 Å². The number of rotatable bonds is 6. The number of benzene rings is 1. The van der Waals surface area contributed by atoms with Gasteiger partial charge >= 0.3 is 0 Å². The van der Waals surface area contributed by atoms with Crippen LogP contribution in [0.3, 0.4) is 0 Å². The normalized spacial score (nSPS) is 16.5. The third kappa shape index (κ3) is 5.48. The van der Waals surface area contributed by atoms with Gasteiger partial charge < -0.3 is 4.90 Å². The van der Waals surface area contributed by atoms with Crippen LogP contribution >= 0.6 is 11.6 Å². The molecule has 5 nitrogen and oxygen atoms in total. The van der Waals surface area contributed by atoms with Crippen molar-refractivity contribution < 1.29 is 13.2 Å². The van der Waals surface area contributed by atoms with Crippen LogP contribution in [0.4, 0.5) is 0 Å². The molecule has 0 saturated carbocycles. The van der Waals surface area contributed by atoms with Crippen LogP contribution in [0.2, 0.25) is 5.02 Å². The molecule has 1 saturated heterocycles. The van der Waals surface area contributed by atoms with Crippen molar-refractivity contribution >= 4 is 27.5 Å². The van der Waals surface area contributed by atoms with Crippen LogP contribution in [-0.2, 0) is 21.2 Å². The summed E-state index contributed by atoms with van der Waals surface area (Å²) in [4.78, 5) is 14.1. The molecule has 1 aromatic rings. The lowest BCUT2D eigenvalue weighted by molar-refractivity contribution is -0.131. The molecule has 0 radical (unpaired) electrons. The molecule has 0 unspecified atom stereocenters. The van der Waals surface area contributed by atoms with Crippen molar-refractivity contribution in [1.82, 2.24) is 9.62 Å². The molecule has 0 atom stereocenters. The van der Waals surface area contributed by atoms with Crippen molar-refractivity contribution in [2.24, 2.45) is 0 Å². The smallest absolute Gasteiger partial charge is 0.227 e. The predicted molar refractivity (Wildman–Crippen MR) is 92.0 cm³/mol. The fourth-order valence-electron chi connectivity index (χ4n) is 2.74. The van der Waals surface area contributed by atoms with Crippen LogP contribution in [0.15, 0.2) is 24.3 Å². The molecule has 0 bridgehead atoms. The second-order valence-corrected chi connectivity index (χ2v) is 8.14. The van der Waals surface area contributed by atoms with Crippen molar-refractivity contribution in [1.29, 1.82) is 0 Å². The number of hydrogen-bond acceptors (Lipinski definition) is 3. The monoisotopic (exact) mass is 358 g/mol. The molecule has 1 aromatic carbocycles. The van der Waals surface area contributed by atoms with E-state index in [0.717, 1.165) is 5.56 Å². The van der Waals surface area contributed by atoms with Gasteiger partial charge in [0.2, 0.25) is 15.9 Å². The molecule has 7 heteroatoms. The van der Waals surface area contributed by atoms with Crippen molar-refractivity contribution in [2.75, 3.05) is 18.8 Å². The first-order valence-electron chi connectivity index (χ1n) is 7.92. The number of likely N-dealkylation sites (tertiary alicyclic amines) is 1. The van der Waals surface area contributed by atoms with Gasteiger partial charge in [-0.3, -0.25) is 4.79 Å². The largest absolute Gasteiger partial charge is 0.342 e. The van der Waals surface area contributed by atoms with E-state index < -0.39 is 10.0 Å².